The summed E-state index contributed by atoms with van der Waals surface area (Å²) in [4.78, 5) is 2.38. The van der Waals surface area contributed by atoms with Crippen LogP contribution in [-0.4, -0.2) is 34.5 Å². The van der Waals surface area contributed by atoms with E-state index in [0.29, 0.717) is 6.04 Å². The van der Waals surface area contributed by atoms with Gasteiger partial charge in [-0.2, -0.15) is 0 Å². The zero-order chi connectivity index (χ0) is 12.1. The largest absolute Gasteiger partial charge is 0.396 e. The average Bonchev–Trinajstić information content (AvgIpc) is 3.06. The summed E-state index contributed by atoms with van der Waals surface area (Å²) in [5, 5.41) is 19.6. The van der Waals surface area contributed by atoms with E-state index in [2.05, 4.69) is 22.0 Å². The Morgan fingerprint density at radius 1 is 1.35 bits per heavy atom. The molecule has 1 N–H and O–H groups in total. The zero-order valence-corrected chi connectivity index (χ0v) is 11.2. The van der Waals surface area contributed by atoms with E-state index in [9.17, 15) is 0 Å². The summed E-state index contributed by atoms with van der Waals surface area (Å²) in [5.74, 6) is 0. The molecule has 1 aliphatic rings. The van der Waals surface area contributed by atoms with Gasteiger partial charge in [0.25, 0.3) is 0 Å². The van der Waals surface area contributed by atoms with Crippen LogP contribution in [0.3, 0.4) is 0 Å². The molecular formula is C12H21N3OS. The highest BCUT2D eigenvalue weighted by molar-refractivity contribution is 7.15. The number of aliphatic hydroxyl groups is 1. The van der Waals surface area contributed by atoms with Crippen LogP contribution in [0.25, 0.3) is 0 Å². The van der Waals surface area contributed by atoms with Crippen LogP contribution in [0.5, 0.6) is 0 Å². The molecule has 1 aromatic rings. The maximum absolute atomic E-state index is 8.83. The van der Waals surface area contributed by atoms with Crippen molar-refractivity contribution in [3.8, 4) is 0 Å². The van der Waals surface area contributed by atoms with Crippen molar-refractivity contribution in [3.63, 3.8) is 0 Å². The third-order valence-corrected chi connectivity index (χ3v) is 3.98. The Morgan fingerprint density at radius 2 is 2.18 bits per heavy atom. The number of aromatic nitrogens is 2. The van der Waals surface area contributed by atoms with Gasteiger partial charge in [0.05, 0.1) is 0 Å². The second-order valence-electron chi connectivity index (χ2n) is 4.58. The first kappa shape index (κ1) is 12.8. The SMILES string of the molecule is CCCc1nnc(N(CCCCO)C2CC2)s1. The second kappa shape index (κ2) is 6.31. The van der Waals surface area contributed by atoms with E-state index >= 15 is 0 Å². The lowest BCUT2D eigenvalue weighted by atomic mass is 10.3. The summed E-state index contributed by atoms with van der Waals surface area (Å²) in [6.45, 7) is 3.46. The predicted octanol–water partition coefficient (Wildman–Crippen LogP) is 2.23. The van der Waals surface area contributed by atoms with Crippen LogP contribution in [0.2, 0.25) is 0 Å². The Morgan fingerprint density at radius 3 is 2.82 bits per heavy atom. The van der Waals surface area contributed by atoms with Crippen LogP contribution in [0.1, 0.15) is 44.0 Å². The van der Waals surface area contributed by atoms with Crippen molar-refractivity contribution in [3.05, 3.63) is 5.01 Å². The summed E-state index contributed by atoms with van der Waals surface area (Å²) in [6, 6.07) is 0.677. The fraction of sp³-hybridized carbons (Fsp3) is 0.833. The number of nitrogens with zero attached hydrogens (tertiary/aromatic N) is 3. The Balaban J connectivity index is 1.93. The van der Waals surface area contributed by atoms with Crippen molar-refractivity contribution < 1.29 is 5.11 Å². The van der Waals surface area contributed by atoms with Gasteiger partial charge in [0.2, 0.25) is 5.13 Å². The van der Waals surface area contributed by atoms with E-state index in [0.717, 1.165) is 42.4 Å². The van der Waals surface area contributed by atoms with Crippen molar-refractivity contribution in [2.24, 2.45) is 0 Å². The molecule has 0 saturated heterocycles. The maximum atomic E-state index is 8.83. The molecule has 0 atom stereocenters. The Labute approximate surface area is 107 Å². The summed E-state index contributed by atoms with van der Waals surface area (Å²) in [5.41, 5.74) is 0. The van der Waals surface area contributed by atoms with Crippen LogP contribution < -0.4 is 4.90 Å². The highest BCUT2D eigenvalue weighted by Gasteiger charge is 2.30. The molecule has 1 heterocycles. The van der Waals surface area contributed by atoms with Gasteiger partial charge in [-0.25, -0.2) is 0 Å². The van der Waals surface area contributed by atoms with Gasteiger partial charge in [0.1, 0.15) is 5.01 Å². The minimum Gasteiger partial charge on any atom is -0.396 e. The third kappa shape index (κ3) is 3.64. The second-order valence-corrected chi connectivity index (χ2v) is 5.62. The first-order valence-corrected chi connectivity index (χ1v) is 7.36. The van der Waals surface area contributed by atoms with Gasteiger partial charge in [-0.1, -0.05) is 18.3 Å². The van der Waals surface area contributed by atoms with Crippen LogP contribution in [0, 0.1) is 0 Å². The van der Waals surface area contributed by atoms with Gasteiger partial charge in [0, 0.05) is 25.6 Å². The molecule has 0 spiro atoms. The number of hydrogen-bond donors (Lipinski definition) is 1. The maximum Gasteiger partial charge on any atom is 0.208 e. The van der Waals surface area contributed by atoms with Crippen LogP contribution >= 0.6 is 11.3 Å². The normalized spacial score (nSPS) is 15.2. The van der Waals surface area contributed by atoms with Crippen molar-refractivity contribution in [1.82, 2.24) is 10.2 Å². The zero-order valence-electron chi connectivity index (χ0n) is 10.4. The van der Waals surface area contributed by atoms with Crippen LogP contribution in [-0.2, 0) is 6.42 Å². The number of aryl methyl sites for hydroxylation is 1. The first-order valence-electron chi connectivity index (χ1n) is 6.55. The number of hydrogen-bond acceptors (Lipinski definition) is 5. The minimum absolute atomic E-state index is 0.287. The summed E-state index contributed by atoms with van der Waals surface area (Å²) in [6.07, 6.45) is 6.64. The van der Waals surface area contributed by atoms with E-state index in [4.69, 9.17) is 5.11 Å². The molecule has 0 bridgehead atoms. The Bertz CT molecular complexity index is 338. The highest BCUT2D eigenvalue weighted by Crippen LogP contribution is 2.33. The molecule has 2 rings (SSSR count). The molecule has 0 aromatic carbocycles. The van der Waals surface area contributed by atoms with Crippen molar-refractivity contribution >= 4 is 16.5 Å². The average molecular weight is 255 g/mol. The molecule has 0 amide bonds. The van der Waals surface area contributed by atoms with Crippen molar-refractivity contribution in [2.45, 2.75) is 51.5 Å². The van der Waals surface area contributed by atoms with Crippen molar-refractivity contribution in [2.75, 3.05) is 18.1 Å². The molecule has 1 fully saturated rings. The molecule has 17 heavy (non-hydrogen) atoms. The highest BCUT2D eigenvalue weighted by atomic mass is 32.1. The van der Waals surface area contributed by atoms with Gasteiger partial charge in [-0.3, -0.25) is 0 Å². The van der Waals surface area contributed by atoms with E-state index < -0.39 is 0 Å². The smallest absolute Gasteiger partial charge is 0.208 e. The van der Waals surface area contributed by atoms with E-state index in [1.165, 1.54) is 12.8 Å². The molecule has 0 radical (unpaired) electrons. The molecule has 5 heteroatoms. The van der Waals surface area contributed by atoms with Gasteiger partial charge in [-0.15, -0.1) is 10.2 Å². The molecule has 1 aromatic heterocycles. The van der Waals surface area contributed by atoms with E-state index in [-0.39, 0.29) is 6.61 Å². The molecular weight excluding hydrogens is 234 g/mol. The number of anilines is 1. The summed E-state index contributed by atoms with van der Waals surface area (Å²) >= 11 is 1.73. The summed E-state index contributed by atoms with van der Waals surface area (Å²) in [7, 11) is 0. The first-order chi connectivity index (χ1) is 8.35. The van der Waals surface area contributed by atoms with Crippen LogP contribution in [0.15, 0.2) is 0 Å². The molecule has 4 nitrogen and oxygen atoms in total. The van der Waals surface area contributed by atoms with Gasteiger partial charge < -0.3 is 10.0 Å². The standard InChI is InChI=1S/C12H21N3OS/c1-2-5-11-13-14-12(17-11)15(10-6-7-10)8-3-4-9-16/h10,16H,2-9H2,1H3. The van der Waals surface area contributed by atoms with Gasteiger partial charge >= 0.3 is 0 Å². The van der Waals surface area contributed by atoms with E-state index in [1.807, 2.05) is 0 Å². The fourth-order valence-corrected chi connectivity index (χ4v) is 2.93. The quantitative estimate of drug-likeness (QED) is 0.724. The lowest BCUT2D eigenvalue weighted by Gasteiger charge is -2.20. The Hall–Kier alpha value is -0.680. The molecule has 0 unspecified atom stereocenters. The molecule has 0 aliphatic heterocycles. The fourth-order valence-electron chi connectivity index (χ4n) is 1.89. The third-order valence-electron chi connectivity index (χ3n) is 2.96. The number of aliphatic hydroxyl groups excluding tert-OH is 1. The van der Waals surface area contributed by atoms with Crippen LogP contribution in [0.4, 0.5) is 5.13 Å². The predicted molar refractivity (Wildman–Crippen MR) is 70.6 cm³/mol. The molecule has 96 valence electrons. The minimum atomic E-state index is 0.287. The number of rotatable bonds is 8. The topological polar surface area (TPSA) is 49.2 Å². The van der Waals surface area contributed by atoms with Crippen molar-refractivity contribution in [1.29, 1.82) is 0 Å². The Kier molecular flexibility index (Phi) is 4.74. The molecule has 1 saturated carbocycles. The number of unbranched alkanes of at least 4 members (excludes halogenated alkanes) is 1. The van der Waals surface area contributed by atoms with E-state index in [1.54, 1.807) is 11.3 Å². The lowest BCUT2D eigenvalue weighted by molar-refractivity contribution is 0.285. The lowest BCUT2D eigenvalue weighted by Crippen LogP contribution is -2.26. The van der Waals surface area contributed by atoms with Gasteiger partial charge in [0.15, 0.2) is 0 Å². The molecule has 1 aliphatic carbocycles. The van der Waals surface area contributed by atoms with Gasteiger partial charge in [-0.05, 0) is 32.1 Å². The monoisotopic (exact) mass is 255 g/mol. The summed E-state index contributed by atoms with van der Waals surface area (Å²) < 4.78 is 0.